The van der Waals surface area contributed by atoms with Gasteiger partial charge in [0, 0.05) is 50.6 Å². The normalized spacial score (nSPS) is 11.7. The van der Waals surface area contributed by atoms with Crippen molar-refractivity contribution >= 4 is 65.2 Å². The Morgan fingerprint density at radius 1 is 0.250 bits per heavy atom. The van der Waals surface area contributed by atoms with Crippen LogP contribution in [0.5, 0.6) is 0 Å². The summed E-state index contributed by atoms with van der Waals surface area (Å²) in [7, 11) is 0. The zero-order chi connectivity index (χ0) is 39.6. The number of benzene rings is 8. The van der Waals surface area contributed by atoms with Gasteiger partial charge in [-0.05, 0) is 117 Å². The molecule has 6 nitrogen and oxygen atoms in total. The van der Waals surface area contributed by atoms with Crippen LogP contribution in [0.3, 0.4) is 0 Å². The molecule has 0 N–H and O–H groups in total. The van der Waals surface area contributed by atoms with Crippen LogP contribution in [0.15, 0.2) is 194 Å². The molecule has 0 amide bonds. The molecule has 12 rings (SSSR count). The van der Waals surface area contributed by atoms with Crippen molar-refractivity contribution in [2.24, 2.45) is 0 Å². The van der Waals surface area contributed by atoms with Crippen molar-refractivity contribution in [2.45, 2.75) is 0 Å². The fourth-order valence-corrected chi connectivity index (χ4v) is 8.71. The number of nitrogens with zero attached hydrogens (tertiary/aromatic N) is 6. The molecule has 6 heteroatoms. The first-order chi connectivity index (χ1) is 29.7. The zero-order valence-electron chi connectivity index (χ0n) is 32.2. The van der Waals surface area contributed by atoms with E-state index >= 15 is 0 Å². The number of fused-ring (bicyclic) bond motifs is 6. The molecular formula is C54H32N6. The van der Waals surface area contributed by atoms with Crippen LogP contribution >= 0.6 is 0 Å². The lowest BCUT2D eigenvalue weighted by atomic mass is 9.88. The van der Waals surface area contributed by atoms with E-state index in [1.807, 2.05) is 73.1 Å². The third kappa shape index (κ3) is 5.73. The van der Waals surface area contributed by atoms with E-state index in [4.69, 9.17) is 29.9 Å². The van der Waals surface area contributed by atoms with Crippen molar-refractivity contribution in [3.63, 3.8) is 0 Å². The maximum atomic E-state index is 5.32. The van der Waals surface area contributed by atoms with Crippen molar-refractivity contribution in [1.29, 1.82) is 0 Å². The monoisotopic (exact) mass is 764 g/mol. The Kier molecular flexibility index (Phi) is 7.74. The molecule has 0 fully saturated rings. The summed E-state index contributed by atoms with van der Waals surface area (Å²) in [6, 6.07) is 63.4. The molecule has 0 unspecified atom stereocenters. The predicted molar refractivity (Wildman–Crippen MR) is 245 cm³/mol. The second-order valence-electron chi connectivity index (χ2n) is 15.1. The van der Waals surface area contributed by atoms with Crippen LogP contribution < -0.4 is 0 Å². The molecular weight excluding hydrogens is 733 g/mol. The standard InChI is InChI=1S/C54H32N6/c1-2-12-33(13-3-1)52-58-53(37-22-23-47-38(27-37)26-36-16-6-9-21-46(36)57-47)60-54(59-52)41-29-39(50-42-17-7-4-14-34(42)31-48-44(50)19-10-24-55-48)28-40(30-41)51-43-18-8-5-15-35(43)32-49-45(51)20-11-25-56-49/h1-32H. The largest absolute Gasteiger partial charge is 0.256 e. The van der Waals surface area contributed by atoms with Crippen molar-refractivity contribution in [2.75, 3.05) is 0 Å². The van der Waals surface area contributed by atoms with Crippen LogP contribution in [-0.2, 0) is 0 Å². The minimum Gasteiger partial charge on any atom is -0.256 e. The van der Waals surface area contributed by atoms with Crippen LogP contribution in [0.25, 0.3) is 122 Å². The Hall–Kier alpha value is -8.22. The van der Waals surface area contributed by atoms with Gasteiger partial charge in [0.15, 0.2) is 17.5 Å². The highest BCUT2D eigenvalue weighted by atomic mass is 15.0. The summed E-state index contributed by atoms with van der Waals surface area (Å²) in [5.41, 5.74) is 10.7. The molecule has 60 heavy (non-hydrogen) atoms. The predicted octanol–water partition coefficient (Wildman–Crippen LogP) is 13.3. The van der Waals surface area contributed by atoms with Gasteiger partial charge in [0.2, 0.25) is 0 Å². The maximum absolute atomic E-state index is 5.32. The van der Waals surface area contributed by atoms with Gasteiger partial charge in [0.1, 0.15) is 0 Å². The Morgan fingerprint density at radius 2 is 0.750 bits per heavy atom. The minimum absolute atomic E-state index is 0.573. The average Bonchev–Trinajstić information content (AvgIpc) is 3.31. The number of pyridine rings is 3. The second-order valence-corrected chi connectivity index (χ2v) is 15.1. The molecule has 0 aliphatic carbocycles. The third-order valence-corrected chi connectivity index (χ3v) is 11.5. The number of aromatic nitrogens is 6. The van der Waals surface area contributed by atoms with Crippen LogP contribution in [0, 0.1) is 0 Å². The minimum atomic E-state index is 0.573. The summed E-state index contributed by atoms with van der Waals surface area (Å²) < 4.78 is 0. The van der Waals surface area contributed by atoms with Crippen molar-refractivity contribution in [3.8, 4) is 56.4 Å². The first-order valence-electron chi connectivity index (χ1n) is 20.0. The number of para-hydroxylation sites is 1. The molecule has 0 aliphatic rings. The Labute approximate surface area is 344 Å². The van der Waals surface area contributed by atoms with E-state index in [9.17, 15) is 0 Å². The summed E-state index contributed by atoms with van der Waals surface area (Å²) >= 11 is 0. The van der Waals surface area contributed by atoms with Gasteiger partial charge in [-0.25, -0.2) is 19.9 Å². The molecule has 8 aromatic carbocycles. The highest BCUT2D eigenvalue weighted by Crippen LogP contribution is 2.43. The summed E-state index contributed by atoms with van der Waals surface area (Å²) in [4.78, 5) is 30.3. The van der Waals surface area contributed by atoms with Crippen LogP contribution in [0.1, 0.15) is 0 Å². The van der Waals surface area contributed by atoms with E-state index in [0.717, 1.165) is 104 Å². The van der Waals surface area contributed by atoms with E-state index in [-0.39, 0.29) is 0 Å². The summed E-state index contributed by atoms with van der Waals surface area (Å²) in [6.45, 7) is 0. The van der Waals surface area contributed by atoms with Gasteiger partial charge in [-0.15, -0.1) is 0 Å². The number of hydrogen-bond acceptors (Lipinski definition) is 6. The number of hydrogen-bond donors (Lipinski definition) is 0. The van der Waals surface area contributed by atoms with E-state index < -0.39 is 0 Å². The lowest BCUT2D eigenvalue weighted by Crippen LogP contribution is -2.01. The molecule has 0 atom stereocenters. The highest BCUT2D eigenvalue weighted by Gasteiger charge is 2.20. The van der Waals surface area contributed by atoms with Gasteiger partial charge in [0.25, 0.3) is 0 Å². The van der Waals surface area contributed by atoms with Gasteiger partial charge < -0.3 is 0 Å². The fourth-order valence-electron chi connectivity index (χ4n) is 8.71. The molecule has 0 saturated carbocycles. The SMILES string of the molecule is c1ccc(-c2nc(-c3cc(-c4c5ccccc5cc5ncccc45)cc(-c4c5ccccc5cc5ncccc45)c3)nc(-c3ccc4nc5ccccc5cc4c3)n2)cc1. The molecule has 4 heterocycles. The lowest BCUT2D eigenvalue weighted by Gasteiger charge is -2.17. The molecule has 0 spiro atoms. The van der Waals surface area contributed by atoms with E-state index in [1.165, 1.54) is 0 Å². The zero-order valence-corrected chi connectivity index (χ0v) is 32.2. The van der Waals surface area contributed by atoms with Gasteiger partial charge in [-0.1, -0.05) is 109 Å². The number of rotatable bonds is 5. The smallest absolute Gasteiger partial charge is 0.164 e. The summed E-state index contributed by atoms with van der Waals surface area (Å²) in [5.74, 6) is 1.75. The Bertz CT molecular complexity index is 3430. The molecule has 0 saturated heterocycles. The van der Waals surface area contributed by atoms with Crippen LogP contribution in [0.2, 0.25) is 0 Å². The molecule has 0 aliphatic heterocycles. The topological polar surface area (TPSA) is 77.3 Å². The summed E-state index contributed by atoms with van der Waals surface area (Å²) in [5, 5.41) is 8.78. The Morgan fingerprint density at radius 3 is 1.40 bits per heavy atom. The van der Waals surface area contributed by atoms with Gasteiger partial charge in [-0.3, -0.25) is 9.97 Å². The first kappa shape index (κ1) is 33.9. The molecule has 278 valence electrons. The molecule has 0 radical (unpaired) electrons. The molecule has 0 bridgehead atoms. The third-order valence-electron chi connectivity index (χ3n) is 11.5. The second kappa shape index (κ2) is 13.7. The Balaban J connectivity index is 1.17. The van der Waals surface area contributed by atoms with Crippen molar-refractivity contribution in [3.05, 3.63) is 194 Å². The lowest BCUT2D eigenvalue weighted by molar-refractivity contribution is 1.07. The first-order valence-corrected chi connectivity index (χ1v) is 20.0. The van der Waals surface area contributed by atoms with Gasteiger partial charge >= 0.3 is 0 Å². The van der Waals surface area contributed by atoms with E-state index in [2.05, 4.69) is 121 Å². The van der Waals surface area contributed by atoms with Crippen LogP contribution in [0.4, 0.5) is 0 Å². The summed E-state index contributed by atoms with van der Waals surface area (Å²) in [6.07, 6.45) is 3.72. The van der Waals surface area contributed by atoms with E-state index in [1.54, 1.807) is 0 Å². The fraction of sp³-hybridized carbons (Fsp3) is 0. The quantitative estimate of drug-likeness (QED) is 0.162. The van der Waals surface area contributed by atoms with E-state index in [0.29, 0.717) is 17.5 Å². The van der Waals surface area contributed by atoms with Crippen molar-refractivity contribution in [1.82, 2.24) is 29.9 Å². The average molecular weight is 765 g/mol. The molecule has 12 aromatic rings. The van der Waals surface area contributed by atoms with Crippen LogP contribution in [-0.4, -0.2) is 29.9 Å². The van der Waals surface area contributed by atoms with Gasteiger partial charge in [0.05, 0.1) is 22.1 Å². The molecule has 4 aromatic heterocycles. The highest BCUT2D eigenvalue weighted by molar-refractivity contribution is 6.15. The van der Waals surface area contributed by atoms with Gasteiger partial charge in [-0.2, -0.15) is 0 Å². The van der Waals surface area contributed by atoms with Crippen molar-refractivity contribution < 1.29 is 0 Å². The maximum Gasteiger partial charge on any atom is 0.164 e.